The maximum atomic E-state index is 12.2. The van der Waals surface area contributed by atoms with Gasteiger partial charge in [-0.05, 0) is 38.3 Å². The molecule has 0 spiro atoms. The Labute approximate surface area is 103 Å². The number of unbranched alkanes of at least 4 members (excludes halogenated alkanes) is 1. The zero-order valence-electron chi connectivity index (χ0n) is 10.4. The second-order valence-corrected chi connectivity index (χ2v) is 6.35. The summed E-state index contributed by atoms with van der Waals surface area (Å²) in [6.45, 7) is 5.58. The Kier molecular flexibility index (Phi) is 4.30. The molecule has 0 radical (unpaired) electrons. The van der Waals surface area contributed by atoms with E-state index in [1.807, 2.05) is 39.0 Å². The fourth-order valence-electron chi connectivity index (χ4n) is 2.10. The van der Waals surface area contributed by atoms with E-state index in [1.165, 1.54) is 0 Å². The monoisotopic (exact) mass is 251 g/mol. The minimum absolute atomic E-state index is 0.0469. The molecule has 17 heavy (non-hydrogen) atoms. The molecule has 0 amide bonds. The molecule has 0 aliphatic rings. The summed E-state index contributed by atoms with van der Waals surface area (Å²) < 4.78 is 24.3. The predicted molar refractivity (Wildman–Crippen MR) is 67.6 cm³/mol. The van der Waals surface area contributed by atoms with Gasteiger partial charge in [-0.1, -0.05) is 17.7 Å². The van der Waals surface area contributed by atoms with Crippen molar-refractivity contribution >= 4 is 9.84 Å². The van der Waals surface area contributed by atoms with Gasteiger partial charge in [0.2, 0.25) is 0 Å². The normalized spacial score (nSPS) is 11.2. The molecule has 0 unspecified atom stereocenters. The maximum Gasteiger partial charge on any atom is 0.178 e. The molecule has 0 fully saturated rings. The van der Waals surface area contributed by atoms with E-state index >= 15 is 0 Å². The lowest BCUT2D eigenvalue weighted by Crippen LogP contribution is -2.10. The first-order chi connectivity index (χ1) is 7.88. The quantitative estimate of drug-likeness (QED) is 0.773. The zero-order chi connectivity index (χ0) is 13.1. The van der Waals surface area contributed by atoms with E-state index in [1.54, 1.807) is 0 Å². The Morgan fingerprint density at radius 3 is 2.18 bits per heavy atom. The Hall–Kier alpha value is -1.34. The number of hydrogen-bond donors (Lipinski definition) is 0. The first-order valence-electron chi connectivity index (χ1n) is 5.56. The van der Waals surface area contributed by atoms with Gasteiger partial charge in [0.05, 0.1) is 16.7 Å². The minimum Gasteiger partial charge on any atom is -0.224 e. The summed E-state index contributed by atoms with van der Waals surface area (Å²) >= 11 is 0. The average Bonchev–Trinajstić information content (AvgIpc) is 2.15. The van der Waals surface area contributed by atoms with Crippen molar-refractivity contribution in [3.05, 3.63) is 28.8 Å². The molecule has 0 saturated carbocycles. The van der Waals surface area contributed by atoms with Crippen LogP contribution < -0.4 is 0 Å². The van der Waals surface area contributed by atoms with Crippen molar-refractivity contribution < 1.29 is 8.42 Å². The molecule has 0 bridgehead atoms. The van der Waals surface area contributed by atoms with Crippen LogP contribution in [0, 0.1) is 32.1 Å². The third-order valence-electron chi connectivity index (χ3n) is 2.62. The Morgan fingerprint density at radius 1 is 1.18 bits per heavy atom. The lowest BCUT2D eigenvalue weighted by Gasteiger charge is -2.11. The van der Waals surface area contributed by atoms with E-state index in [0.717, 1.165) is 16.7 Å². The second-order valence-electron chi connectivity index (χ2n) is 4.31. The summed E-state index contributed by atoms with van der Waals surface area (Å²) in [6, 6.07) is 5.72. The standard InChI is InChI=1S/C13H17NO2S/c1-10-8-11(2)13(12(3)9-10)17(15,16)7-5-4-6-14/h8-9H,4-5,7H2,1-3H3. The van der Waals surface area contributed by atoms with Crippen LogP contribution in [0.3, 0.4) is 0 Å². The molecule has 1 rings (SSSR count). The molecule has 0 atom stereocenters. The maximum absolute atomic E-state index is 12.2. The van der Waals surface area contributed by atoms with Crippen molar-refractivity contribution in [2.24, 2.45) is 0 Å². The molecule has 0 aliphatic heterocycles. The van der Waals surface area contributed by atoms with Crippen LogP contribution in [0.4, 0.5) is 0 Å². The van der Waals surface area contributed by atoms with Gasteiger partial charge in [-0.2, -0.15) is 5.26 Å². The first-order valence-corrected chi connectivity index (χ1v) is 7.21. The van der Waals surface area contributed by atoms with Crippen molar-refractivity contribution in [3.63, 3.8) is 0 Å². The average molecular weight is 251 g/mol. The van der Waals surface area contributed by atoms with E-state index in [9.17, 15) is 8.42 Å². The van der Waals surface area contributed by atoms with E-state index in [4.69, 9.17) is 5.26 Å². The van der Waals surface area contributed by atoms with Crippen LogP contribution in [0.1, 0.15) is 29.5 Å². The minimum atomic E-state index is -3.26. The number of hydrogen-bond acceptors (Lipinski definition) is 3. The van der Waals surface area contributed by atoms with Gasteiger partial charge in [-0.3, -0.25) is 0 Å². The number of nitriles is 1. The second kappa shape index (κ2) is 5.33. The summed E-state index contributed by atoms with van der Waals surface area (Å²) in [5.41, 5.74) is 2.65. The van der Waals surface area contributed by atoms with E-state index in [0.29, 0.717) is 11.3 Å². The molecule has 0 aliphatic carbocycles. The third-order valence-corrected chi connectivity index (χ3v) is 4.71. The molecule has 1 aromatic rings. The molecule has 92 valence electrons. The molecular weight excluding hydrogens is 234 g/mol. The first kappa shape index (κ1) is 13.7. The van der Waals surface area contributed by atoms with E-state index in [2.05, 4.69) is 0 Å². The Morgan fingerprint density at radius 2 is 1.71 bits per heavy atom. The van der Waals surface area contributed by atoms with Gasteiger partial charge >= 0.3 is 0 Å². The summed E-state index contributed by atoms with van der Waals surface area (Å²) in [7, 11) is -3.26. The molecule has 0 aromatic heterocycles. The number of benzene rings is 1. The van der Waals surface area contributed by atoms with Crippen molar-refractivity contribution in [1.29, 1.82) is 5.26 Å². The summed E-state index contributed by atoms with van der Waals surface area (Å²) in [6.07, 6.45) is 0.675. The highest BCUT2D eigenvalue weighted by Crippen LogP contribution is 2.23. The topological polar surface area (TPSA) is 57.9 Å². The van der Waals surface area contributed by atoms with Crippen molar-refractivity contribution in [2.45, 2.75) is 38.5 Å². The van der Waals surface area contributed by atoms with Crippen LogP contribution in [-0.4, -0.2) is 14.2 Å². The van der Waals surface area contributed by atoms with Gasteiger partial charge < -0.3 is 0 Å². The van der Waals surface area contributed by atoms with Gasteiger partial charge in [-0.15, -0.1) is 0 Å². The number of sulfone groups is 1. The summed E-state index contributed by atoms with van der Waals surface area (Å²) in [5.74, 6) is 0.0469. The van der Waals surface area contributed by atoms with Crippen LogP contribution in [0.5, 0.6) is 0 Å². The van der Waals surface area contributed by atoms with Gasteiger partial charge in [0.15, 0.2) is 9.84 Å². The van der Waals surface area contributed by atoms with Crippen LogP contribution >= 0.6 is 0 Å². The van der Waals surface area contributed by atoms with Crippen LogP contribution in [0.2, 0.25) is 0 Å². The van der Waals surface area contributed by atoms with Crippen LogP contribution in [-0.2, 0) is 9.84 Å². The van der Waals surface area contributed by atoms with E-state index < -0.39 is 9.84 Å². The fraction of sp³-hybridized carbons (Fsp3) is 0.462. The number of rotatable bonds is 4. The van der Waals surface area contributed by atoms with Crippen LogP contribution in [0.15, 0.2) is 17.0 Å². The highest BCUT2D eigenvalue weighted by Gasteiger charge is 2.19. The smallest absolute Gasteiger partial charge is 0.178 e. The van der Waals surface area contributed by atoms with E-state index in [-0.39, 0.29) is 12.2 Å². The Bertz CT molecular complexity index is 530. The zero-order valence-corrected chi connectivity index (χ0v) is 11.3. The lowest BCUT2D eigenvalue weighted by molar-refractivity contribution is 0.592. The number of nitrogens with zero attached hydrogens (tertiary/aromatic N) is 1. The molecule has 1 aromatic carbocycles. The van der Waals surface area contributed by atoms with Crippen molar-refractivity contribution in [3.8, 4) is 6.07 Å². The predicted octanol–water partition coefficient (Wildman–Crippen LogP) is 2.69. The molecule has 0 saturated heterocycles. The third kappa shape index (κ3) is 3.31. The van der Waals surface area contributed by atoms with Gasteiger partial charge in [-0.25, -0.2) is 8.42 Å². The molecular formula is C13H17NO2S. The largest absolute Gasteiger partial charge is 0.224 e. The summed E-state index contributed by atoms with van der Waals surface area (Å²) in [5, 5.41) is 8.43. The highest BCUT2D eigenvalue weighted by molar-refractivity contribution is 7.91. The molecule has 3 nitrogen and oxygen atoms in total. The summed E-state index contributed by atoms with van der Waals surface area (Å²) in [4.78, 5) is 0.432. The Balaban J connectivity index is 3.12. The van der Waals surface area contributed by atoms with Crippen molar-refractivity contribution in [2.75, 3.05) is 5.75 Å². The van der Waals surface area contributed by atoms with Gasteiger partial charge in [0.25, 0.3) is 0 Å². The van der Waals surface area contributed by atoms with Gasteiger partial charge in [0.1, 0.15) is 0 Å². The highest BCUT2D eigenvalue weighted by atomic mass is 32.2. The molecule has 4 heteroatoms. The van der Waals surface area contributed by atoms with Crippen molar-refractivity contribution in [1.82, 2.24) is 0 Å². The lowest BCUT2D eigenvalue weighted by atomic mass is 10.1. The fourth-order valence-corrected chi connectivity index (χ4v) is 3.93. The van der Waals surface area contributed by atoms with Gasteiger partial charge in [0, 0.05) is 6.42 Å². The number of aryl methyl sites for hydroxylation is 3. The molecule has 0 heterocycles. The SMILES string of the molecule is Cc1cc(C)c(S(=O)(=O)CCCC#N)c(C)c1. The molecule has 0 N–H and O–H groups in total. The van der Waals surface area contributed by atoms with Crippen LogP contribution in [0.25, 0.3) is 0 Å².